The van der Waals surface area contributed by atoms with E-state index in [1.165, 1.54) is 4.31 Å². The van der Waals surface area contributed by atoms with Gasteiger partial charge in [-0.15, -0.1) is 0 Å². The summed E-state index contributed by atoms with van der Waals surface area (Å²) < 4.78 is 39.2. The molecule has 9 heteroatoms. The number of carbonyl (C=O) groups excluding carboxylic acids is 1. The van der Waals surface area contributed by atoms with Crippen molar-refractivity contribution in [3.05, 3.63) is 70.5 Å². The Labute approximate surface area is 199 Å². The van der Waals surface area contributed by atoms with Crippen molar-refractivity contribution in [2.75, 3.05) is 13.1 Å². The Morgan fingerprint density at radius 2 is 2.06 bits per heavy atom. The molecule has 1 aliphatic rings. The molecule has 8 nitrogen and oxygen atoms in total. The molecule has 2 aromatic heterocycles. The number of hydrogen-bond donors (Lipinski definition) is 1. The number of furan rings is 1. The molecule has 0 spiro atoms. The molecule has 4 rings (SSSR count). The Hall–Kier alpha value is -3.17. The van der Waals surface area contributed by atoms with Gasteiger partial charge in [0, 0.05) is 13.1 Å². The molecule has 1 atom stereocenters. The lowest BCUT2D eigenvalue weighted by molar-refractivity contribution is -0.126. The van der Waals surface area contributed by atoms with Crippen LogP contribution >= 0.6 is 0 Å². The van der Waals surface area contributed by atoms with E-state index in [1.807, 2.05) is 38.1 Å². The molecule has 1 fully saturated rings. The Morgan fingerprint density at radius 1 is 1.24 bits per heavy atom. The molecule has 1 unspecified atom stereocenters. The van der Waals surface area contributed by atoms with Gasteiger partial charge in [0.1, 0.15) is 11.5 Å². The summed E-state index contributed by atoms with van der Waals surface area (Å²) in [6, 6.07) is 9.60. The Kier molecular flexibility index (Phi) is 7.04. The zero-order valence-corrected chi connectivity index (χ0v) is 20.4. The van der Waals surface area contributed by atoms with Crippen LogP contribution in [0.15, 0.2) is 50.4 Å². The monoisotopic (exact) mass is 483 g/mol. The smallest absolute Gasteiger partial charge is 0.248 e. The van der Waals surface area contributed by atoms with Crippen molar-refractivity contribution in [3.63, 3.8) is 0 Å². The first-order valence-corrected chi connectivity index (χ1v) is 12.7. The van der Waals surface area contributed by atoms with E-state index >= 15 is 0 Å². The van der Waals surface area contributed by atoms with Gasteiger partial charge >= 0.3 is 0 Å². The van der Waals surface area contributed by atoms with Crippen LogP contribution in [0.3, 0.4) is 0 Å². The standard InChI is InChI=1S/C25H29N3O5S/c1-17-8-9-18(2)20(14-17)10-11-23-24(19(3)27-33-23)34(30,31)28-12-4-6-21(16-28)25(29)26-15-22-7-5-13-32-22/h5,7-11,13-14,21H,4,6,12,15-16H2,1-3H3,(H,26,29). The number of piperidine rings is 1. The second-order valence-corrected chi connectivity index (χ2v) is 10.5. The lowest BCUT2D eigenvalue weighted by Gasteiger charge is -2.31. The van der Waals surface area contributed by atoms with Crippen molar-refractivity contribution in [2.24, 2.45) is 5.92 Å². The molecule has 0 saturated carbocycles. The summed E-state index contributed by atoms with van der Waals surface area (Å²) in [7, 11) is -3.90. The van der Waals surface area contributed by atoms with Crippen molar-refractivity contribution in [2.45, 2.75) is 45.1 Å². The molecule has 1 amide bonds. The molecule has 34 heavy (non-hydrogen) atoms. The third-order valence-corrected chi connectivity index (χ3v) is 8.08. The van der Waals surface area contributed by atoms with Crippen LogP contribution in [0.5, 0.6) is 0 Å². The van der Waals surface area contributed by atoms with Crippen molar-refractivity contribution in [3.8, 4) is 0 Å². The molecule has 1 aromatic carbocycles. The van der Waals surface area contributed by atoms with Crippen LogP contribution < -0.4 is 5.32 Å². The predicted octanol–water partition coefficient (Wildman–Crippen LogP) is 4.08. The van der Waals surface area contributed by atoms with Crippen molar-refractivity contribution < 1.29 is 22.2 Å². The summed E-state index contributed by atoms with van der Waals surface area (Å²) in [4.78, 5) is 12.7. The average Bonchev–Trinajstić information content (AvgIpc) is 3.48. The predicted molar refractivity (Wildman–Crippen MR) is 128 cm³/mol. The van der Waals surface area contributed by atoms with E-state index in [-0.39, 0.29) is 29.7 Å². The largest absolute Gasteiger partial charge is 0.467 e. The number of benzene rings is 1. The van der Waals surface area contributed by atoms with Crippen LogP contribution in [0.1, 0.15) is 46.7 Å². The second kappa shape index (κ2) is 9.99. The minimum atomic E-state index is -3.90. The normalized spacial score (nSPS) is 17.3. The number of rotatable bonds is 7. The van der Waals surface area contributed by atoms with Gasteiger partial charge in [0.25, 0.3) is 0 Å². The first kappa shape index (κ1) is 24.0. The molecule has 3 aromatic rings. The van der Waals surface area contributed by atoms with Gasteiger partial charge in [-0.3, -0.25) is 4.79 Å². The zero-order chi connectivity index (χ0) is 24.3. The maximum Gasteiger partial charge on any atom is 0.248 e. The van der Waals surface area contributed by atoms with Gasteiger partial charge in [0.05, 0.1) is 18.7 Å². The first-order chi connectivity index (χ1) is 16.3. The Balaban J connectivity index is 1.52. The van der Waals surface area contributed by atoms with Crippen molar-refractivity contribution in [1.29, 1.82) is 0 Å². The third kappa shape index (κ3) is 5.15. The van der Waals surface area contributed by atoms with Gasteiger partial charge in [0.2, 0.25) is 15.9 Å². The summed E-state index contributed by atoms with van der Waals surface area (Å²) >= 11 is 0. The molecule has 3 heterocycles. The van der Waals surface area contributed by atoms with Crippen molar-refractivity contribution in [1.82, 2.24) is 14.8 Å². The maximum absolute atomic E-state index is 13.6. The van der Waals surface area contributed by atoms with Crippen LogP contribution in [-0.2, 0) is 21.4 Å². The van der Waals surface area contributed by atoms with Gasteiger partial charge in [0.15, 0.2) is 10.7 Å². The molecular weight excluding hydrogens is 454 g/mol. The quantitative estimate of drug-likeness (QED) is 0.543. The summed E-state index contributed by atoms with van der Waals surface area (Å²) in [5.74, 6) is 0.206. The minimum absolute atomic E-state index is 0.0469. The molecule has 180 valence electrons. The molecule has 1 aliphatic heterocycles. The average molecular weight is 484 g/mol. The molecule has 0 aliphatic carbocycles. The summed E-state index contributed by atoms with van der Waals surface area (Å²) in [5, 5.41) is 6.76. The van der Waals surface area contributed by atoms with Crippen molar-refractivity contribution >= 4 is 28.1 Å². The molecule has 1 saturated heterocycles. The van der Waals surface area contributed by atoms with E-state index in [2.05, 4.69) is 10.5 Å². The van der Waals surface area contributed by atoms with Gasteiger partial charge in [-0.25, -0.2) is 8.42 Å². The number of sulfonamides is 1. The van der Waals surface area contributed by atoms with E-state index in [0.29, 0.717) is 30.8 Å². The number of nitrogens with one attached hydrogen (secondary N) is 1. The Bertz CT molecular complexity index is 1290. The molecule has 1 N–H and O–H groups in total. The summed E-state index contributed by atoms with van der Waals surface area (Å²) in [6.45, 7) is 6.33. The van der Waals surface area contributed by atoms with E-state index in [1.54, 1.807) is 31.4 Å². The van der Waals surface area contributed by atoms with Crippen LogP contribution in [0.25, 0.3) is 12.2 Å². The fraction of sp³-hybridized carbons (Fsp3) is 0.360. The number of aromatic nitrogens is 1. The minimum Gasteiger partial charge on any atom is -0.467 e. The van der Waals surface area contributed by atoms with Crippen LogP contribution in [-0.4, -0.2) is 36.9 Å². The van der Waals surface area contributed by atoms with E-state index in [9.17, 15) is 13.2 Å². The van der Waals surface area contributed by atoms with Crippen LogP contribution in [0.4, 0.5) is 0 Å². The van der Waals surface area contributed by atoms with E-state index in [4.69, 9.17) is 8.94 Å². The van der Waals surface area contributed by atoms with Crippen LogP contribution in [0, 0.1) is 26.7 Å². The topological polar surface area (TPSA) is 106 Å². The highest BCUT2D eigenvalue weighted by Gasteiger charge is 2.36. The molecule has 0 bridgehead atoms. The lowest BCUT2D eigenvalue weighted by Crippen LogP contribution is -2.45. The zero-order valence-electron chi connectivity index (χ0n) is 19.6. The number of aryl methyl sites for hydroxylation is 3. The number of amides is 1. The highest BCUT2D eigenvalue weighted by Crippen LogP contribution is 2.29. The SMILES string of the molecule is Cc1ccc(C)c(C=Cc2onc(C)c2S(=O)(=O)N2CCCC(C(=O)NCc3ccco3)C2)c1. The number of hydrogen-bond acceptors (Lipinski definition) is 6. The van der Waals surface area contributed by atoms with Gasteiger partial charge in [-0.2, -0.15) is 4.31 Å². The number of nitrogens with zero attached hydrogens (tertiary/aromatic N) is 2. The highest BCUT2D eigenvalue weighted by molar-refractivity contribution is 7.89. The van der Waals surface area contributed by atoms with Gasteiger partial charge < -0.3 is 14.3 Å². The van der Waals surface area contributed by atoms with E-state index < -0.39 is 15.9 Å². The molecular formula is C25H29N3O5S. The van der Waals surface area contributed by atoms with Gasteiger partial charge in [-0.05, 0) is 62.9 Å². The second-order valence-electron chi connectivity index (χ2n) is 8.65. The third-order valence-electron chi connectivity index (χ3n) is 6.05. The number of carbonyl (C=O) groups is 1. The summed E-state index contributed by atoms with van der Waals surface area (Å²) in [5.41, 5.74) is 3.45. The first-order valence-electron chi connectivity index (χ1n) is 11.3. The van der Waals surface area contributed by atoms with Gasteiger partial charge in [-0.1, -0.05) is 35.0 Å². The molecule has 0 radical (unpaired) electrons. The Morgan fingerprint density at radius 3 is 2.82 bits per heavy atom. The summed E-state index contributed by atoms with van der Waals surface area (Å²) in [6.07, 6.45) is 6.24. The van der Waals surface area contributed by atoms with E-state index in [0.717, 1.165) is 16.7 Å². The van der Waals surface area contributed by atoms with Crippen LogP contribution in [0.2, 0.25) is 0 Å². The highest BCUT2D eigenvalue weighted by atomic mass is 32.2. The fourth-order valence-electron chi connectivity index (χ4n) is 4.14. The fourth-order valence-corrected chi connectivity index (χ4v) is 5.91. The lowest BCUT2D eigenvalue weighted by atomic mass is 9.99. The maximum atomic E-state index is 13.6.